The molecule has 37 heavy (non-hydrogen) atoms. The number of amides is 1. The molecule has 3 aliphatic rings. The molecule has 1 aliphatic carbocycles. The van der Waals surface area contributed by atoms with Gasteiger partial charge in [0, 0.05) is 31.2 Å². The number of benzene rings is 1. The van der Waals surface area contributed by atoms with Crippen molar-refractivity contribution in [3.05, 3.63) is 48.7 Å². The number of likely N-dealkylation sites (tertiary alicyclic amines) is 1. The van der Waals surface area contributed by atoms with Crippen LogP contribution in [0.5, 0.6) is 11.5 Å². The minimum atomic E-state index is -3.39. The van der Waals surface area contributed by atoms with E-state index in [0.717, 1.165) is 61.5 Å². The van der Waals surface area contributed by atoms with E-state index in [9.17, 15) is 13.2 Å². The second-order valence-electron chi connectivity index (χ2n) is 10.4. The fourth-order valence-corrected chi connectivity index (χ4v) is 6.59. The highest BCUT2D eigenvalue weighted by molar-refractivity contribution is 7.90. The molecule has 1 atom stereocenters. The Morgan fingerprint density at radius 2 is 1.95 bits per heavy atom. The summed E-state index contributed by atoms with van der Waals surface area (Å²) in [6.45, 7) is 8.10. The lowest BCUT2D eigenvalue weighted by Crippen LogP contribution is -2.37. The Bertz CT molecular complexity index is 1290. The average molecular weight is 526 g/mol. The minimum absolute atomic E-state index is 0.0533. The number of fused-ring (bicyclic) bond motifs is 1. The quantitative estimate of drug-likeness (QED) is 0.520. The average Bonchev–Trinajstić information content (AvgIpc) is 3.35. The predicted octanol–water partition coefficient (Wildman–Crippen LogP) is 4.30. The maximum atomic E-state index is 13.1. The molecule has 0 N–H and O–H groups in total. The number of hydrogen-bond acceptors (Lipinski definition) is 7. The van der Waals surface area contributed by atoms with E-state index in [1.807, 2.05) is 35.2 Å². The van der Waals surface area contributed by atoms with Crippen molar-refractivity contribution < 1.29 is 22.7 Å². The Kier molecular flexibility index (Phi) is 7.16. The van der Waals surface area contributed by atoms with Gasteiger partial charge in [0.15, 0.2) is 14.9 Å². The SMILES string of the molecule is C=CC1CCC(C(=O)N2CCC(Oc3ccc4c(c3)N(c3cnc(S(C)(=O)=O)c(C)c3)CCO4)C2)CC1. The highest BCUT2D eigenvalue weighted by Crippen LogP contribution is 2.40. The number of allylic oxidation sites excluding steroid dienone is 1. The molecule has 0 radical (unpaired) electrons. The molecule has 0 spiro atoms. The molecule has 8 nitrogen and oxygen atoms in total. The molecule has 9 heteroatoms. The van der Waals surface area contributed by atoms with Crippen LogP contribution in [0.15, 0.2) is 48.1 Å². The van der Waals surface area contributed by atoms with Crippen molar-refractivity contribution in [1.29, 1.82) is 0 Å². The van der Waals surface area contributed by atoms with E-state index < -0.39 is 9.84 Å². The highest BCUT2D eigenvalue weighted by atomic mass is 32.2. The third kappa shape index (κ3) is 5.46. The van der Waals surface area contributed by atoms with Gasteiger partial charge in [0.2, 0.25) is 5.91 Å². The lowest BCUT2D eigenvalue weighted by molar-refractivity contribution is -0.135. The monoisotopic (exact) mass is 525 g/mol. The molecule has 2 aromatic rings. The largest absolute Gasteiger partial charge is 0.490 e. The van der Waals surface area contributed by atoms with Crippen LogP contribution in [0.1, 0.15) is 37.7 Å². The zero-order valence-corrected chi connectivity index (χ0v) is 22.4. The van der Waals surface area contributed by atoms with Crippen LogP contribution in [0.2, 0.25) is 0 Å². The first kappa shape index (κ1) is 25.6. The molecule has 1 saturated heterocycles. The summed E-state index contributed by atoms with van der Waals surface area (Å²) in [7, 11) is -3.39. The molecule has 198 valence electrons. The third-order valence-electron chi connectivity index (χ3n) is 7.69. The molecule has 5 rings (SSSR count). The molecule has 1 aromatic heterocycles. The van der Waals surface area contributed by atoms with Gasteiger partial charge >= 0.3 is 0 Å². The van der Waals surface area contributed by atoms with Crippen LogP contribution >= 0.6 is 0 Å². The number of carbonyl (C=O) groups is 1. The van der Waals surface area contributed by atoms with E-state index in [-0.39, 0.29) is 23.0 Å². The van der Waals surface area contributed by atoms with Gasteiger partial charge in [0.25, 0.3) is 0 Å². The third-order valence-corrected chi connectivity index (χ3v) is 8.82. The first-order valence-corrected chi connectivity index (χ1v) is 14.9. The molecule has 3 heterocycles. The van der Waals surface area contributed by atoms with Gasteiger partial charge in [-0.05, 0) is 62.3 Å². The number of aryl methyl sites for hydroxylation is 1. The van der Waals surface area contributed by atoms with Gasteiger partial charge in [0.1, 0.15) is 24.2 Å². The topological polar surface area (TPSA) is 89.0 Å². The summed E-state index contributed by atoms with van der Waals surface area (Å²) in [5.41, 5.74) is 2.26. The van der Waals surface area contributed by atoms with Crippen LogP contribution in [-0.4, -0.2) is 62.8 Å². The van der Waals surface area contributed by atoms with Crippen LogP contribution in [0.25, 0.3) is 0 Å². The summed E-state index contributed by atoms with van der Waals surface area (Å²) in [5.74, 6) is 2.39. The van der Waals surface area contributed by atoms with Gasteiger partial charge in [-0.15, -0.1) is 6.58 Å². The van der Waals surface area contributed by atoms with Crippen LogP contribution in [-0.2, 0) is 14.6 Å². The summed E-state index contributed by atoms with van der Waals surface area (Å²) < 4.78 is 36.2. The maximum absolute atomic E-state index is 13.1. The highest BCUT2D eigenvalue weighted by Gasteiger charge is 2.34. The second kappa shape index (κ2) is 10.4. The van der Waals surface area contributed by atoms with Crippen LogP contribution in [0.4, 0.5) is 11.4 Å². The van der Waals surface area contributed by atoms with Crippen molar-refractivity contribution in [3.8, 4) is 11.5 Å². The number of sulfone groups is 1. The molecule has 1 unspecified atom stereocenters. The van der Waals surface area contributed by atoms with E-state index in [1.54, 1.807) is 13.1 Å². The van der Waals surface area contributed by atoms with Gasteiger partial charge in [-0.25, -0.2) is 13.4 Å². The number of anilines is 2. The molecule has 2 aliphatic heterocycles. The van der Waals surface area contributed by atoms with Crippen molar-refractivity contribution in [2.45, 2.75) is 50.2 Å². The fraction of sp³-hybridized carbons (Fsp3) is 0.500. The number of rotatable bonds is 6. The smallest absolute Gasteiger partial charge is 0.225 e. The molecule has 1 saturated carbocycles. The predicted molar refractivity (Wildman–Crippen MR) is 142 cm³/mol. The number of hydrogen-bond donors (Lipinski definition) is 0. The number of aromatic nitrogens is 1. The summed E-state index contributed by atoms with van der Waals surface area (Å²) in [4.78, 5) is 21.3. The fourth-order valence-electron chi connectivity index (χ4n) is 5.70. The van der Waals surface area contributed by atoms with Crippen LogP contribution in [0, 0.1) is 18.8 Å². The molecule has 1 amide bonds. The normalized spacial score (nSPS) is 23.8. The number of ether oxygens (including phenoxy) is 2. The van der Waals surface area contributed by atoms with E-state index in [1.165, 1.54) is 6.26 Å². The summed E-state index contributed by atoms with van der Waals surface area (Å²) in [5, 5.41) is 0.0934. The van der Waals surface area contributed by atoms with Crippen LogP contribution in [0.3, 0.4) is 0 Å². The van der Waals surface area contributed by atoms with Crippen molar-refractivity contribution in [1.82, 2.24) is 9.88 Å². The minimum Gasteiger partial charge on any atom is -0.490 e. The van der Waals surface area contributed by atoms with Crippen molar-refractivity contribution >= 4 is 27.1 Å². The number of carbonyl (C=O) groups excluding carboxylic acids is 1. The Morgan fingerprint density at radius 3 is 2.65 bits per heavy atom. The van der Waals surface area contributed by atoms with E-state index in [0.29, 0.717) is 31.2 Å². The van der Waals surface area contributed by atoms with E-state index >= 15 is 0 Å². The summed E-state index contributed by atoms with van der Waals surface area (Å²) >= 11 is 0. The van der Waals surface area contributed by atoms with Gasteiger partial charge in [-0.3, -0.25) is 4.79 Å². The van der Waals surface area contributed by atoms with Crippen LogP contribution < -0.4 is 14.4 Å². The van der Waals surface area contributed by atoms with Crippen molar-refractivity contribution in [3.63, 3.8) is 0 Å². The Balaban J connectivity index is 1.27. The lowest BCUT2D eigenvalue weighted by Gasteiger charge is -2.32. The van der Waals surface area contributed by atoms with Gasteiger partial charge in [-0.2, -0.15) is 0 Å². The number of pyridine rings is 1. The lowest BCUT2D eigenvalue weighted by atomic mass is 9.81. The van der Waals surface area contributed by atoms with E-state index in [2.05, 4.69) is 16.5 Å². The van der Waals surface area contributed by atoms with Gasteiger partial charge in [0.05, 0.1) is 30.7 Å². The van der Waals surface area contributed by atoms with E-state index in [4.69, 9.17) is 9.47 Å². The molecular formula is C28H35N3O5S. The molecular weight excluding hydrogens is 490 g/mol. The molecule has 1 aromatic carbocycles. The van der Waals surface area contributed by atoms with Gasteiger partial charge < -0.3 is 19.3 Å². The zero-order chi connectivity index (χ0) is 26.2. The van der Waals surface area contributed by atoms with Crippen molar-refractivity contribution in [2.75, 3.05) is 37.4 Å². The van der Waals surface area contributed by atoms with Gasteiger partial charge in [-0.1, -0.05) is 6.08 Å². The standard InChI is InChI=1S/C28H35N3O5S/c1-4-20-5-7-21(8-6-20)28(32)30-12-11-24(18-30)36-23-9-10-26-25(16-23)31(13-14-35-26)22-15-19(2)27(29-17-22)37(3,33)34/h4,9-10,15-17,20-21,24H,1,5-8,11-14,18H2,2-3H3. The number of nitrogens with zero attached hydrogens (tertiary/aromatic N) is 3. The first-order chi connectivity index (χ1) is 17.7. The molecule has 2 fully saturated rings. The summed E-state index contributed by atoms with van der Waals surface area (Å²) in [6.07, 6.45) is 9.52. The maximum Gasteiger partial charge on any atom is 0.225 e. The second-order valence-corrected chi connectivity index (χ2v) is 12.3. The Labute approximate surface area is 219 Å². The molecule has 0 bridgehead atoms. The Morgan fingerprint density at radius 1 is 1.16 bits per heavy atom. The Hall–Kier alpha value is -3.07. The van der Waals surface area contributed by atoms with Crippen molar-refractivity contribution in [2.24, 2.45) is 11.8 Å². The first-order valence-electron chi connectivity index (χ1n) is 13.0. The zero-order valence-electron chi connectivity index (χ0n) is 21.6. The summed E-state index contributed by atoms with van der Waals surface area (Å²) in [6, 6.07) is 7.60.